The quantitative estimate of drug-likeness (QED) is 0.294. The molecular weight excluding hydrogens is 458 g/mol. The summed E-state index contributed by atoms with van der Waals surface area (Å²) in [4.78, 5) is 22.5. The number of alkyl halides is 3. The van der Waals surface area contributed by atoms with Crippen LogP contribution in [0, 0.1) is 10.1 Å². The minimum atomic E-state index is -1.97. The van der Waals surface area contributed by atoms with E-state index in [1.54, 1.807) is 24.3 Å². The second kappa shape index (κ2) is 8.23. The Bertz CT molecular complexity index is 781. The molecule has 0 saturated heterocycles. The maximum atomic E-state index is 12.3. The van der Waals surface area contributed by atoms with E-state index < -0.39 is 20.9 Å². The fourth-order valence-electron chi connectivity index (χ4n) is 1.79. The molecule has 0 bridgehead atoms. The van der Waals surface area contributed by atoms with Crippen molar-refractivity contribution in [2.24, 2.45) is 0 Å². The van der Waals surface area contributed by atoms with Crippen LogP contribution in [0.4, 0.5) is 5.69 Å². The van der Waals surface area contributed by atoms with Gasteiger partial charge in [0.05, 0.1) is 4.92 Å². The van der Waals surface area contributed by atoms with Gasteiger partial charge < -0.3 is 10.1 Å². The molecule has 0 heterocycles. The molecule has 10 heteroatoms. The molecule has 0 fully saturated rings. The molecule has 0 spiro atoms. The van der Waals surface area contributed by atoms with Gasteiger partial charge in [-0.25, -0.2) is 0 Å². The lowest BCUT2D eigenvalue weighted by atomic mass is 10.2. The third-order valence-electron chi connectivity index (χ3n) is 2.95. The summed E-state index contributed by atoms with van der Waals surface area (Å²) in [6.07, 6.45) is -1.31. The number of nitro groups is 1. The Morgan fingerprint density at radius 3 is 2.40 bits per heavy atom. The van der Waals surface area contributed by atoms with E-state index in [1.165, 1.54) is 18.2 Å². The number of nitro benzene ring substituents is 1. The molecule has 2 rings (SSSR count). The highest BCUT2D eigenvalue weighted by atomic mass is 79.9. The Morgan fingerprint density at radius 1 is 1.20 bits per heavy atom. The van der Waals surface area contributed by atoms with Crippen LogP contribution in [0.25, 0.3) is 0 Å². The summed E-state index contributed by atoms with van der Waals surface area (Å²) in [5.41, 5.74) is -0.195. The van der Waals surface area contributed by atoms with Gasteiger partial charge in [0.25, 0.3) is 11.6 Å². The Kier molecular flexibility index (Phi) is 6.51. The van der Waals surface area contributed by atoms with Crippen LogP contribution in [-0.4, -0.2) is 20.9 Å². The highest BCUT2D eigenvalue weighted by Gasteiger charge is 2.36. The van der Waals surface area contributed by atoms with E-state index in [0.717, 1.165) is 10.5 Å². The van der Waals surface area contributed by atoms with E-state index in [1.807, 2.05) is 0 Å². The smallest absolute Gasteiger partial charge is 0.270 e. The number of benzene rings is 2. The lowest BCUT2D eigenvalue weighted by molar-refractivity contribution is -0.384. The number of hydrogen-bond donors (Lipinski definition) is 1. The van der Waals surface area contributed by atoms with Gasteiger partial charge in [0.1, 0.15) is 5.75 Å². The molecule has 0 aliphatic rings. The number of carbonyl (C=O) groups is 1. The summed E-state index contributed by atoms with van der Waals surface area (Å²) >= 11 is 20.9. The summed E-state index contributed by atoms with van der Waals surface area (Å²) in [5.74, 6) is -0.323. The first-order valence-corrected chi connectivity index (χ1v) is 8.64. The fraction of sp³-hybridized carbons (Fsp3) is 0.133. The van der Waals surface area contributed by atoms with E-state index in [9.17, 15) is 14.9 Å². The van der Waals surface area contributed by atoms with Crippen molar-refractivity contribution < 1.29 is 14.5 Å². The third kappa shape index (κ3) is 5.74. The first kappa shape index (κ1) is 19.8. The van der Waals surface area contributed by atoms with Crippen molar-refractivity contribution in [3.63, 3.8) is 0 Å². The molecule has 1 atom stereocenters. The predicted molar refractivity (Wildman–Crippen MR) is 99.4 cm³/mol. The van der Waals surface area contributed by atoms with Crippen molar-refractivity contribution in [2.75, 3.05) is 0 Å². The number of amides is 1. The summed E-state index contributed by atoms with van der Waals surface area (Å²) in [7, 11) is 0. The van der Waals surface area contributed by atoms with E-state index in [4.69, 9.17) is 39.5 Å². The van der Waals surface area contributed by atoms with Gasteiger partial charge in [-0.2, -0.15) is 0 Å². The number of carbonyl (C=O) groups excluding carboxylic acids is 1. The third-order valence-corrected chi connectivity index (χ3v) is 4.07. The van der Waals surface area contributed by atoms with Gasteiger partial charge in [-0.1, -0.05) is 56.8 Å². The highest BCUT2D eigenvalue weighted by molar-refractivity contribution is 9.10. The second-order valence-corrected chi connectivity index (χ2v) is 8.06. The van der Waals surface area contributed by atoms with Crippen molar-refractivity contribution in [1.82, 2.24) is 5.32 Å². The number of halogens is 4. The topological polar surface area (TPSA) is 81.5 Å². The van der Waals surface area contributed by atoms with Crippen LogP contribution in [0.5, 0.6) is 5.75 Å². The van der Waals surface area contributed by atoms with Crippen molar-refractivity contribution >= 4 is 62.3 Å². The summed E-state index contributed by atoms with van der Waals surface area (Å²) in [5, 5.41) is 13.2. The van der Waals surface area contributed by atoms with Gasteiger partial charge in [0.15, 0.2) is 0 Å². The number of nitrogens with one attached hydrogen (secondary N) is 1. The van der Waals surface area contributed by atoms with Crippen LogP contribution >= 0.6 is 50.7 Å². The van der Waals surface area contributed by atoms with E-state index in [-0.39, 0.29) is 11.3 Å². The van der Waals surface area contributed by atoms with Crippen molar-refractivity contribution in [3.05, 3.63) is 68.7 Å². The van der Waals surface area contributed by atoms with Crippen LogP contribution in [-0.2, 0) is 0 Å². The minimum absolute atomic E-state index is 0.0351. The van der Waals surface area contributed by atoms with Crippen LogP contribution < -0.4 is 10.1 Å². The van der Waals surface area contributed by atoms with Gasteiger partial charge in [0.2, 0.25) is 10.0 Å². The molecule has 1 N–H and O–H groups in total. The molecule has 0 aliphatic heterocycles. The Balaban J connectivity index is 2.19. The first-order valence-electron chi connectivity index (χ1n) is 6.71. The maximum absolute atomic E-state index is 12.3. The molecule has 2 aromatic rings. The molecule has 0 radical (unpaired) electrons. The second-order valence-electron chi connectivity index (χ2n) is 4.77. The van der Waals surface area contributed by atoms with Crippen LogP contribution in [0.3, 0.4) is 0 Å². The summed E-state index contributed by atoms with van der Waals surface area (Å²) in [6.45, 7) is 0. The first-order chi connectivity index (χ1) is 11.7. The van der Waals surface area contributed by atoms with Crippen LogP contribution in [0.15, 0.2) is 53.0 Å². The molecule has 0 aromatic heterocycles. The number of rotatable bonds is 5. The molecule has 2 aromatic carbocycles. The monoisotopic (exact) mass is 466 g/mol. The van der Waals surface area contributed by atoms with Crippen LogP contribution in [0.1, 0.15) is 10.4 Å². The molecule has 25 heavy (non-hydrogen) atoms. The lowest BCUT2D eigenvalue weighted by Crippen LogP contribution is -2.47. The molecule has 0 unspecified atom stereocenters. The zero-order valence-corrected chi connectivity index (χ0v) is 16.1. The molecule has 1 amide bonds. The Hall–Kier alpha value is -1.54. The van der Waals surface area contributed by atoms with Gasteiger partial charge in [0, 0.05) is 22.2 Å². The van der Waals surface area contributed by atoms with Crippen LogP contribution in [0.2, 0.25) is 0 Å². The standard InChI is InChI=1S/C15H10BrCl3N2O4/c16-10-4-6-12(7-5-10)25-14(15(17,18)19)20-13(22)9-2-1-3-11(8-9)21(23)24/h1-8,14H,(H,20,22)/t14-/m1/s1. The fourth-order valence-corrected chi connectivity index (χ4v) is 2.35. The Morgan fingerprint density at radius 2 is 1.84 bits per heavy atom. The molecule has 0 saturated carbocycles. The van der Waals surface area contributed by atoms with E-state index >= 15 is 0 Å². The van der Waals surface area contributed by atoms with Crippen molar-refractivity contribution in [3.8, 4) is 5.75 Å². The largest absolute Gasteiger partial charge is 0.466 e. The highest BCUT2D eigenvalue weighted by Crippen LogP contribution is 2.32. The number of ether oxygens (including phenoxy) is 1. The lowest BCUT2D eigenvalue weighted by Gasteiger charge is -2.26. The molecule has 6 nitrogen and oxygen atoms in total. The number of nitrogens with zero attached hydrogens (tertiary/aromatic N) is 1. The average Bonchev–Trinajstić information content (AvgIpc) is 2.55. The van der Waals surface area contributed by atoms with Gasteiger partial charge >= 0.3 is 0 Å². The molecule has 132 valence electrons. The van der Waals surface area contributed by atoms with E-state index in [2.05, 4.69) is 21.2 Å². The zero-order valence-electron chi connectivity index (χ0n) is 12.3. The minimum Gasteiger partial charge on any atom is -0.466 e. The number of non-ortho nitro benzene ring substituents is 1. The van der Waals surface area contributed by atoms with E-state index in [0.29, 0.717) is 5.75 Å². The summed E-state index contributed by atoms with van der Waals surface area (Å²) in [6, 6.07) is 11.8. The number of hydrogen-bond acceptors (Lipinski definition) is 4. The zero-order chi connectivity index (χ0) is 18.6. The van der Waals surface area contributed by atoms with Crippen molar-refractivity contribution in [2.45, 2.75) is 10.0 Å². The van der Waals surface area contributed by atoms with Gasteiger partial charge in [-0.3, -0.25) is 14.9 Å². The molecular formula is C15H10BrCl3N2O4. The SMILES string of the molecule is O=C(N[C@H](Oc1ccc(Br)cc1)C(Cl)(Cl)Cl)c1cccc([N+](=O)[O-])c1. The molecule has 0 aliphatic carbocycles. The van der Waals surface area contributed by atoms with Gasteiger partial charge in [-0.15, -0.1) is 0 Å². The predicted octanol–water partition coefficient (Wildman–Crippen LogP) is 4.86. The maximum Gasteiger partial charge on any atom is 0.270 e. The average molecular weight is 469 g/mol. The summed E-state index contributed by atoms with van der Waals surface area (Å²) < 4.78 is 4.38. The Labute approximate surface area is 166 Å². The van der Waals surface area contributed by atoms with Gasteiger partial charge in [-0.05, 0) is 30.3 Å². The van der Waals surface area contributed by atoms with Crippen molar-refractivity contribution in [1.29, 1.82) is 0 Å². The normalized spacial score (nSPS) is 12.3.